The summed E-state index contributed by atoms with van der Waals surface area (Å²) in [6, 6.07) is 6.73. The van der Waals surface area contributed by atoms with Gasteiger partial charge in [0.15, 0.2) is 0 Å². The van der Waals surface area contributed by atoms with E-state index in [1.54, 1.807) is 0 Å². The third-order valence-corrected chi connectivity index (χ3v) is 6.71. The molecule has 28 heavy (non-hydrogen) atoms. The van der Waals surface area contributed by atoms with Gasteiger partial charge in [-0.25, -0.2) is 0 Å². The second-order valence-corrected chi connectivity index (χ2v) is 8.57. The Kier molecular flexibility index (Phi) is 6.37. The zero-order chi connectivity index (χ0) is 20.5. The number of benzene rings is 1. The molecule has 2 heterocycles. The van der Waals surface area contributed by atoms with Crippen LogP contribution in [0.5, 0.6) is 0 Å². The number of carbonyl (C=O) groups is 1. The van der Waals surface area contributed by atoms with Crippen LogP contribution in [0.2, 0.25) is 5.02 Å². The molecule has 1 N–H and O–H groups in total. The van der Waals surface area contributed by atoms with Crippen molar-refractivity contribution < 1.29 is 23.1 Å². The Balaban J connectivity index is 2.08. The molecule has 3 nitrogen and oxygen atoms in total. The van der Waals surface area contributed by atoms with Gasteiger partial charge in [-0.3, -0.25) is 9.69 Å². The number of halogens is 4. The smallest absolute Gasteiger partial charge is 0.416 e. The normalized spacial score (nSPS) is 19.5. The zero-order valence-electron chi connectivity index (χ0n) is 15.3. The number of carboxylic acid groups (broad SMARTS) is 1. The first kappa shape index (κ1) is 21.1. The summed E-state index contributed by atoms with van der Waals surface area (Å²) in [6.07, 6.45) is -2.40. The Morgan fingerprint density at radius 1 is 1.36 bits per heavy atom. The average molecular weight is 432 g/mol. The van der Waals surface area contributed by atoms with Crippen LogP contribution in [0.15, 0.2) is 30.3 Å². The molecule has 0 radical (unpaired) electrons. The zero-order valence-corrected chi connectivity index (χ0v) is 16.9. The molecule has 152 valence electrons. The summed E-state index contributed by atoms with van der Waals surface area (Å²) in [5.41, 5.74) is -0.386. The van der Waals surface area contributed by atoms with E-state index in [0.29, 0.717) is 24.9 Å². The number of alkyl halides is 3. The lowest BCUT2D eigenvalue weighted by Gasteiger charge is -2.37. The molecule has 8 heteroatoms. The summed E-state index contributed by atoms with van der Waals surface area (Å²) in [5.74, 6) is -1.41. The summed E-state index contributed by atoms with van der Waals surface area (Å²) in [7, 11) is 0. The Morgan fingerprint density at radius 3 is 2.71 bits per heavy atom. The SMILES string of the molecule is CCc1ccc(C(c2cc(C(F)(F)F)ccc2Cl)N2CCCC(C(=O)O)C2)s1. The van der Waals surface area contributed by atoms with Crippen LogP contribution in [0, 0.1) is 5.92 Å². The maximum Gasteiger partial charge on any atom is 0.416 e. The largest absolute Gasteiger partial charge is 0.481 e. The molecule has 1 saturated heterocycles. The van der Waals surface area contributed by atoms with Gasteiger partial charge in [-0.15, -0.1) is 11.3 Å². The van der Waals surface area contributed by atoms with Gasteiger partial charge >= 0.3 is 12.1 Å². The topological polar surface area (TPSA) is 40.5 Å². The molecule has 2 atom stereocenters. The van der Waals surface area contributed by atoms with E-state index in [4.69, 9.17) is 11.6 Å². The van der Waals surface area contributed by atoms with Crippen LogP contribution in [0.25, 0.3) is 0 Å². The van der Waals surface area contributed by atoms with Crippen LogP contribution in [0.3, 0.4) is 0 Å². The van der Waals surface area contributed by atoms with Crippen molar-refractivity contribution >= 4 is 28.9 Å². The number of carboxylic acids is 1. The van der Waals surface area contributed by atoms with Gasteiger partial charge in [0.1, 0.15) is 0 Å². The van der Waals surface area contributed by atoms with Crippen LogP contribution in [-0.2, 0) is 17.4 Å². The second kappa shape index (κ2) is 8.43. The van der Waals surface area contributed by atoms with E-state index in [0.717, 1.165) is 28.3 Å². The first-order valence-electron chi connectivity index (χ1n) is 9.12. The lowest BCUT2D eigenvalue weighted by atomic mass is 9.93. The Morgan fingerprint density at radius 2 is 2.11 bits per heavy atom. The molecule has 0 bridgehead atoms. The molecule has 1 aliphatic heterocycles. The van der Waals surface area contributed by atoms with Crippen molar-refractivity contribution in [1.29, 1.82) is 0 Å². The van der Waals surface area contributed by atoms with E-state index in [1.807, 2.05) is 24.0 Å². The Bertz CT molecular complexity index is 852. The number of hydrogen-bond donors (Lipinski definition) is 1. The molecule has 0 saturated carbocycles. The number of hydrogen-bond acceptors (Lipinski definition) is 3. The van der Waals surface area contributed by atoms with Crippen LogP contribution in [0.1, 0.15) is 46.7 Å². The van der Waals surface area contributed by atoms with Crippen molar-refractivity contribution in [3.05, 3.63) is 56.2 Å². The minimum Gasteiger partial charge on any atom is -0.481 e. The number of aliphatic carboxylic acids is 1. The third kappa shape index (κ3) is 4.53. The van der Waals surface area contributed by atoms with Crippen molar-refractivity contribution in [2.75, 3.05) is 13.1 Å². The minimum atomic E-state index is -4.47. The molecular weight excluding hydrogens is 411 g/mol. The van der Waals surface area contributed by atoms with E-state index in [9.17, 15) is 23.1 Å². The van der Waals surface area contributed by atoms with Gasteiger partial charge in [0.2, 0.25) is 0 Å². The number of piperidine rings is 1. The van der Waals surface area contributed by atoms with E-state index >= 15 is 0 Å². The fourth-order valence-corrected chi connectivity index (χ4v) is 4.96. The highest BCUT2D eigenvalue weighted by Crippen LogP contribution is 2.41. The van der Waals surface area contributed by atoms with Crippen LogP contribution in [0.4, 0.5) is 13.2 Å². The molecule has 1 fully saturated rings. The highest BCUT2D eigenvalue weighted by Gasteiger charge is 2.36. The van der Waals surface area contributed by atoms with Gasteiger partial charge in [-0.2, -0.15) is 13.2 Å². The molecule has 1 aromatic carbocycles. The first-order chi connectivity index (χ1) is 13.2. The van der Waals surface area contributed by atoms with Gasteiger partial charge in [0, 0.05) is 21.3 Å². The Labute approximate surface area is 170 Å². The molecule has 0 aliphatic carbocycles. The van der Waals surface area contributed by atoms with Crippen molar-refractivity contribution in [2.24, 2.45) is 5.92 Å². The third-order valence-electron chi connectivity index (χ3n) is 5.09. The van der Waals surface area contributed by atoms with Crippen molar-refractivity contribution in [1.82, 2.24) is 4.90 Å². The van der Waals surface area contributed by atoms with Crippen molar-refractivity contribution in [2.45, 2.75) is 38.4 Å². The monoisotopic (exact) mass is 431 g/mol. The quantitative estimate of drug-likeness (QED) is 0.643. The number of likely N-dealkylation sites (tertiary alicyclic amines) is 1. The number of thiophene rings is 1. The van der Waals surface area contributed by atoms with E-state index in [1.165, 1.54) is 17.4 Å². The summed E-state index contributed by atoms with van der Waals surface area (Å²) < 4.78 is 39.9. The number of nitrogens with zero attached hydrogens (tertiary/aromatic N) is 1. The molecular formula is C20H21ClF3NO2S. The van der Waals surface area contributed by atoms with Gasteiger partial charge in [0.25, 0.3) is 0 Å². The van der Waals surface area contributed by atoms with Crippen LogP contribution in [-0.4, -0.2) is 29.1 Å². The summed E-state index contributed by atoms with van der Waals surface area (Å²) in [4.78, 5) is 15.5. The molecule has 2 unspecified atom stereocenters. The fraction of sp³-hybridized carbons (Fsp3) is 0.450. The lowest BCUT2D eigenvalue weighted by Crippen LogP contribution is -2.41. The maximum absolute atomic E-state index is 13.3. The second-order valence-electron chi connectivity index (χ2n) is 6.97. The molecule has 1 aliphatic rings. The van der Waals surface area contributed by atoms with Crippen molar-refractivity contribution in [3.8, 4) is 0 Å². The highest BCUT2D eigenvalue weighted by molar-refractivity contribution is 7.12. The molecule has 1 aromatic heterocycles. The molecule has 2 aromatic rings. The number of rotatable bonds is 5. The van der Waals surface area contributed by atoms with E-state index < -0.39 is 29.7 Å². The average Bonchev–Trinajstić information content (AvgIpc) is 3.11. The van der Waals surface area contributed by atoms with Crippen LogP contribution < -0.4 is 0 Å². The lowest BCUT2D eigenvalue weighted by molar-refractivity contribution is -0.143. The predicted molar refractivity (Wildman–Crippen MR) is 104 cm³/mol. The Hall–Kier alpha value is -1.57. The first-order valence-corrected chi connectivity index (χ1v) is 10.3. The molecule has 0 spiro atoms. The molecule has 0 amide bonds. The van der Waals surface area contributed by atoms with Crippen molar-refractivity contribution in [3.63, 3.8) is 0 Å². The summed E-state index contributed by atoms with van der Waals surface area (Å²) >= 11 is 7.88. The number of aryl methyl sites for hydroxylation is 1. The molecule has 3 rings (SSSR count). The standard InChI is InChI=1S/C20H21ClF3NO2S/c1-2-14-6-8-17(28-14)18(25-9-3-4-12(11-25)19(26)27)15-10-13(20(22,23)24)5-7-16(15)21/h5-8,10,12,18H,2-4,9,11H2,1H3,(H,26,27). The predicted octanol–water partition coefficient (Wildman–Crippen LogP) is 5.87. The van der Waals surface area contributed by atoms with E-state index in [2.05, 4.69) is 0 Å². The van der Waals surface area contributed by atoms with Gasteiger partial charge in [0.05, 0.1) is 17.5 Å². The van der Waals surface area contributed by atoms with Gasteiger partial charge in [-0.1, -0.05) is 18.5 Å². The maximum atomic E-state index is 13.3. The summed E-state index contributed by atoms with van der Waals surface area (Å²) in [6.45, 7) is 2.91. The van der Waals surface area contributed by atoms with Gasteiger partial charge < -0.3 is 5.11 Å². The summed E-state index contributed by atoms with van der Waals surface area (Å²) in [5, 5.41) is 9.68. The van der Waals surface area contributed by atoms with Crippen LogP contribution >= 0.6 is 22.9 Å². The fourth-order valence-electron chi connectivity index (χ4n) is 3.63. The highest BCUT2D eigenvalue weighted by atomic mass is 35.5. The van der Waals surface area contributed by atoms with Gasteiger partial charge in [-0.05, 0) is 61.7 Å². The van der Waals surface area contributed by atoms with E-state index in [-0.39, 0.29) is 11.6 Å². The minimum absolute atomic E-state index is 0.252.